The van der Waals surface area contributed by atoms with Crippen molar-refractivity contribution in [3.63, 3.8) is 0 Å². The molecule has 1 unspecified atom stereocenters. The fourth-order valence-electron chi connectivity index (χ4n) is 1.47. The Morgan fingerprint density at radius 1 is 1.69 bits per heavy atom. The van der Waals surface area contributed by atoms with Crippen LogP contribution < -0.4 is 5.43 Å². The minimum Gasteiger partial charge on any atom is -0.396 e. The van der Waals surface area contributed by atoms with E-state index < -0.39 is 0 Å². The highest BCUT2D eigenvalue weighted by molar-refractivity contribution is 5.79. The molecule has 0 saturated carbocycles. The fraction of sp³-hybridized carbons (Fsp3) is 0.889. The van der Waals surface area contributed by atoms with E-state index in [1.807, 2.05) is 6.92 Å². The predicted octanol–water partition coefficient (Wildman–Crippen LogP) is 0.274. The molecule has 1 fully saturated rings. The number of nitrogens with zero attached hydrogens (tertiary/aromatic N) is 1. The van der Waals surface area contributed by atoms with E-state index in [2.05, 4.69) is 12.3 Å². The summed E-state index contributed by atoms with van der Waals surface area (Å²) in [6.07, 6.45) is 2.14. The van der Waals surface area contributed by atoms with E-state index >= 15 is 0 Å². The number of hydrogen-bond acceptors (Lipinski definition) is 3. The lowest BCUT2D eigenvalue weighted by atomic mass is 9.97. The number of amides is 1. The summed E-state index contributed by atoms with van der Waals surface area (Å²) in [5.74, 6) is 0.137. The van der Waals surface area contributed by atoms with Gasteiger partial charge < -0.3 is 5.11 Å². The minimum atomic E-state index is -0.0768. The third-order valence-corrected chi connectivity index (χ3v) is 2.57. The first kappa shape index (κ1) is 10.5. The summed E-state index contributed by atoms with van der Waals surface area (Å²) in [7, 11) is 0. The second-order valence-corrected chi connectivity index (χ2v) is 3.83. The predicted molar refractivity (Wildman–Crippen MR) is 49.9 cm³/mol. The number of rotatable bonds is 4. The van der Waals surface area contributed by atoms with Crippen molar-refractivity contribution in [2.24, 2.45) is 0 Å². The van der Waals surface area contributed by atoms with Gasteiger partial charge in [-0.3, -0.25) is 9.80 Å². The zero-order chi connectivity index (χ0) is 9.90. The second-order valence-electron chi connectivity index (χ2n) is 3.83. The van der Waals surface area contributed by atoms with Crippen LogP contribution in [0.25, 0.3) is 0 Å². The maximum atomic E-state index is 11.4. The zero-order valence-electron chi connectivity index (χ0n) is 8.34. The molecule has 4 nitrogen and oxygen atoms in total. The van der Waals surface area contributed by atoms with Crippen molar-refractivity contribution in [1.82, 2.24) is 10.4 Å². The molecule has 0 aromatic rings. The molecular weight excluding hydrogens is 168 g/mol. The van der Waals surface area contributed by atoms with E-state index in [4.69, 9.17) is 5.11 Å². The van der Waals surface area contributed by atoms with Crippen molar-refractivity contribution in [2.45, 2.75) is 38.6 Å². The zero-order valence-corrected chi connectivity index (χ0v) is 8.34. The highest BCUT2D eigenvalue weighted by Gasteiger charge is 2.36. The van der Waals surface area contributed by atoms with Gasteiger partial charge in [0.05, 0.1) is 0 Å². The number of aliphatic hydroxyl groups excluding tert-OH is 1. The topological polar surface area (TPSA) is 52.6 Å². The molecule has 1 aliphatic heterocycles. The Bertz CT molecular complexity index is 196. The summed E-state index contributed by atoms with van der Waals surface area (Å²) in [6.45, 7) is 4.85. The van der Waals surface area contributed by atoms with Crippen LogP contribution in [0, 0.1) is 0 Å². The molecule has 0 aliphatic carbocycles. The Balaban J connectivity index is 2.46. The summed E-state index contributed by atoms with van der Waals surface area (Å²) in [5.41, 5.74) is 3.10. The molecule has 1 aliphatic rings. The normalized spacial score (nSPS) is 28.5. The van der Waals surface area contributed by atoms with Gasteiger partial charge in [-0.1, -0.05) is 6.92 Å². The van der Waals surface area contributed by atoms with Gasteiger partial charge in [-0.15, -0.1) is 0 Å². The monoisotopic (exact) mass is 186 g/mol. The molecule has 1 saturated heterocycles. The largest absolute Gasteiger partial charge is 0.396 e. The highest BCUT2D eigenvalue weighted by Crippen LogP contribution is 2.22. The summed E-state index contributed by atoms with van der Waals surface area (Å²) < 4.78 is 0. The van der Waals surface area contributed by atoms with Crippen molar-refractivity contribution in [2.75, 3.05) is 13.2 Å². The van der Waals surface area contributed by atoms with Crippen LogP contribution in [0.2, 0.25) is 0 Å². The van der Waals surface area contributed by atoms with Crippen LogP contribution >= 0.6 is 0 Å². The van der Waals surface area contributed by atoms with E-state index in [1.54, 1.807) is 5.01 Å². The van der Waals surface area contributed by atoms with E-state index in [1.165, 1.54) is 0 Å². The molecule has 1 amide bonds. The smallest absolute Gasteiger partial charge is 0.238 e. The van der Waals surface area contributed by atoms with Gasteiger partial charge in [-0.05, 0) is 19.8 Å². The first-order valence-electron chi connectivity index (χ1n) is 4.80. The number of nitrogens with one attached hydrogen (secondary N) is 1. The third-order valence-electron chi connectivity index (χ3n) is 2.57. The molecule has 0 bridgehead atoms. The number of aliphatic hydroxyl groups is 1. The van der Waals surface area contributed by atoms with Crippen LogP contribution in [0.3, 0.4) is 0 Å². The van der Waals surface area contributed by atoms with Crippen LogP contribution in [-0.4, -0.2) is 34.7 Å². The number of hydrogen-bond donors (Lipinski definition) is 2. The van der Waals surface area contributed by atoms with Crippen LogP contribution in [-0.2, 0) is 4.79 Å². The van der Waals surface area contributed by atoms with Gasteiger partial charge in [-0.25, -0.2) is 5.43 Å². The first-order chi connectivity index (χ1) is 6.11. The first-order valence-corrected chi connectivity index (χ1v) is 4.80. The molecule has 0 radical (unpaired) electrons. The molecule has 0 aromatic heterocycles. The van der Waals surface area contributed by atoms with E-state index in [0.29, 0.717) is 19.4 Å². The molecule has 2 N–H and O–H groups in total. The number of hydrazine groups is 1. The summed E-state index contributed by atoms with van der Waals surface area (Å²) in [4.78, 5) is 11.4. The summed E-state index contributed by atoms with van der Waals surface area (Å²) in [5, 5.41) is 10.3. The maximum absolute atomic E-state index is 11.4. The van der Waals surface area contributed by atoms with Gasteiger partial charge in [0.25, 0.3) is 0 Å². The highest BCUT2D eigenvalue weighted by atomic mass is 16.3. The van der Waals surface area contributed by atoms with Gasteiger partial charge in [0, 0.05) is 25.1 Å². The van der Waals surface area contributed by atoms with Crippen molar-refractivity contribution in [3.05, 3.63) is 0 Å². The van der Waals surface area contributed by atoms with E-state index in [9.17, 15) is 4.79 Å². The maximum Gasteiger partial charge on any atom is 0.238 e. The summed E-state index contributed by atoms with van der Waals surface area (Å²) in [6, 6.07) is 0. The lowest BCUT2D eigenvalue weighted by Gasteiger charge is -2.24. The second kappa shape index (κ2) is 4.07. The third kappa shape index (κ3) is 2.42. The van der Waals surface area contributed by atoms with Gasteiger partial charge in [0.15, 0.2) is 0 Å². The standard InChI is InChI=1S/C9H18N2O2/c1-3-9(2)7-8(13)11(10-9)5-4-6-12/h10,12H,3-7H2,1-2H3. The van der Waals surface area contributed by atoms with Crippen molar-refractivity contribution >= 4 is 5.91 Å². The van der Waals surface area contributed by atoms with Crippen LogP contribution in [0.15, 0.2) is 0 Å². The minimum absolute atomic E-state index is 0.0768. The Morgan fingerprint density at radius 3 is 2.85 bits per heavy atom. The van der Waals surface area contributed by atoms with Crippen molar-refractivity contribution in [3.8, 4) is 0 Å². The van der Waals surface area contributed by atoms with Crippen LogP contribution in [0.5, 0.6) is 0 Å². The quantitative estimate of drug-likeness (QED) is 0.663. The average Bonchev–Trinajstić information content (AvgIpc) is 2.39. The molecule has 0 aromatic carbocycles. The SMILES string of the molecule is CCC1(C)CC(=O)N(CCCO)N1. The molecule has 1 heterocycles. The van der Waals surface area contributed by atoms with Crippen LogP contribution in [0.1, 0.15) is 33.1 Å². The molecule has 13 heavy (non-hydrogen) atoms. The van der Waals surface area contributed by atoms with Gasteiger partial charge in [0.1, 0.15) is 0 Å². The molecular formula is C9H18N2O2. The van der Waals surface area contributed by atoms with Crippen LogP contribution in [0.4, 0.5) is 0 Å². The molecule has 1 atom stereocenters. The Morgan fingerprint density at radius 2 is 2.38 bits per heavy atom. The van der Waals surface area contributed by atoms with Gasteiger partial charge >= 0.3 is 0 Å². The van der Waals surface area contributed by atoms with E-state index in [0.717, 1.165) is 6.42 Å². The van der Waals surface area contributed by atoms with E-state index in [-0.39, 0.29) is 18.1 Å². The summed E-state index contributed by atoms with van der Waals surface area (Å²) >= 11 is 0. The molecule has 4 heteroatoms. The lowest BCUT2D eigenvalue weighted by Crippen LogP contribution is -2.44. The number of carbonyl (C=O) groups excluding carboxylic acids is 1. The fourth-order valence-corrected chi connectivity index (χ4v) is 1.47. The van der Waals surface area contributed by atoms with Gasteiger partial charge in [0.2, 0.25) is 5.91 Å². The lowest BCUT2D eigenvalue weighted by molar-refractivity contribution is -0.129. The van der Waals surface area contributed by atoms with Crippen molar-refractivity contribution < 1.29 is 9.90 Å². The average molecular weight is 186 g/mol. The Kier molecular flexibility index (Phi) is 3.27. The molecule has 76 valence electrons. The van der Waals surface area contributed by atoms with Crippen molar-refractivity contribution in [1.29, 1.82) is 0 Å². The molecule has 0 spiro atoms. The molecule has 1 rings (SSSR count). The van der Waals surface area contributed by atoms with Gasteiger partial charge in [-0.2, -0.15) is 0 Å². The Labute approximate surface area is 78.9 Å². The Hall–Kier alpha value is -0.610. The number of carbonyl (C=O) groups is 1.